The van der Waals surface area contributed by atoms with Crippen molar-refractivity contribution in [2.75, 3.05) is 7.11 Å². The Kier molecular flexibility index (Phi) is 4.75. The van der Waals surface area contributed by atoms with Crippen molar-refractivity contribution in [3.8, 4) is 5.75 Å². The van der Waals surface area contributed by atoms with Crippen LogP contribution < -0.4 is 10.5 Å². The summed E-state index contributed by atoms with van der Waals surface area (Å²) < 4.78 is 10.8. The van der Waals surface area contributed by atoms with Crippen LogP contribution in [-0.4, -0.2) is 24.7 Å². The molecular weight excluding hydrogens is 409 g/mol. The molecule has 2 aliphatic rings. The Morgan fingerprint density at radius 2 is 2.00 bits per heavy atom. The first-order chi connectivity index (χ1) is 12.7. The summed E-state index contributed by atoms with van der Waals surface area (Å²) in [5, 5.41) is 3.10. The summed E-state index contributed by atoms with van der Waals surface area (Å²) in [5.74, 6) is 0.226. The van der Waals surface area contributed by atoms with E-state index in [2.05, 4.69) is 0 Å². The second-order valence-electron chi connectivity index (χ2n) is 7.51. The van der Waals surface area contributed by atoms with Gasteiger partial charge in [-0.1, -0.05) is 34.8 Å². The van der Waals surface area contributed by atoms with Gasteiger partial charge in [0.2, 0.25) is 0 Å². The van der Waals surface area contributed by atoms with Crippen LogP contribution in [0.4, 0.5) is 0 Å². The number of halogens is 3. The highest BCUT2D eigenvalue weighted by molar-refractivity contribution is 6.45. The minimum absolute atomic E-state index is 0.0761. The van der Waals surface area contributed by atoms with Gasteiger partial charge in [0.05, 0.1) is 22.2 Å². The van der Waals surface area contributed by atoms with Gasteiger partial charge in [-0.3, -0.25) is 4.79 Å². The largest absolute Gasteiger partial charge is 0.494 e. The predicted molar refractivity (Wildman–Crippen MR) is 108 cm³/mol. The van der Waals surface area contributed by atoms with Crippen molar-refractivity contribution in [2.24, 2.45) is 5.73 Å². The van der Waals surface area contributed by atoms with Crippen LogP contribution in [0, 0.1) is 0 Å². The zero-order chi connectivity index (χ0) is 19.5. The van der Waals surface area contributed by atoms with Gasteiger partial charge in [-0.15, -0.1) is 0 Å². The van der Waals surface area contributed by atoms with Gasteiger partial charge in [0, 0.05) is 30.2 Å². The van der Waals surface area contributed by atoms with E-state index in [9.17, 15) is 4.79 Å². The van der Waals surface area contributed by atoms with Crippen LogP contribution in [0.1, 0.15) is 43.2 Å². The van der Waals surface area contributed by atoms with Crippen molar-refractivity contribution in [1.82, 2.24) is 0 Å². The Hall–Kier alpha value is -1.20. The van der Waals surface area contributed by atoms with Crippen molar-refractivity contribution in [3.05, 3.63) is 38.3 Å². The number of aryl methyl sites for hydroxylation is 1. The minimum Gasteiger partial charge on any atom is -0.494 e. The number of hydrogen-bond donors (Lipinski definition) is 1. The maximum atomic E-state index is 11.4. The lowest BCUT2D eigenvalue weighted by atomic mass is 9.71. The monoisotopic (exact) mass is 427 g/mol. The first-order valence-corrected chi connectivity index (χ1v) is 10.0. The maximum absolute atomic E-state index is 11.4. The Bertz CT molecular complexity index is 962. The van der Waals surface area contributed by atoms with Gasteiger partial charge in [0.25, 0.3) is 0 Å². The van der Waals surface area contributed by atoms with Crippen molar-refractivity contribution in [2.45, 2.75) is 50.2 Å². The molecule has 4 rings (SSSR count). The summed E-state index contributed by atoms with van der Waals surface area (Å²) in [5.41, 5.74) is 8.61. The highest BCUT2D eigenvalue weighted by Crippen LogP contribution is 2.53. The Morgan fingerprint density at radius 3 is 2.67 bits per heavy atom. The number of nitrogens with two attached hydrogens (primary N) is 1. The number of carbonyl (C=O) groups excluding carboxylic acids is 1. The number of carbonyl (C=O) groups is 1. The Balaban J connectivity index is 1.88. The Morgan fingerprint density at radius 1 is 1.26 bits per heavy atom. The maximum Gasteiger partial charge on any atom is 0.302 e. The van der Waals surface area contributed by atoms with Crippen LogP contribution in [-0.2, 0) is 16.0 Å². The fourth-order valence-electron chi connectivity index (χ4n) is 4.84. The van der Waals surface area contributed by atoms with E-state index in [4.69, 9.17) is 50.0 Å². The molecule has 2 aromatic rings. The van der Waals surface area contributed by atoms with E-state index in [1.807, 2.05) is 12.1 Å². The first kappa shape index (κ1) is 19.1. The van der Waals surface area contributed by atoms with Crippen LogP contribution in [0.3, 0.4) is 0 Å². The van der Waals surface area contributed by atoms with Crippen LogP contribution >= 0.6 is 34.8 Å². The van der Waals surface area contributed by atoms with Gasteiger partial charge in [0.15, 0.2) is 5.75 Å². The van der Waals surface area contributed by atoms with Gasteiger partial charge >= 0.3 is 5.97 Å². The quantitative estimate of drug-likeness (QED) is 0.663. The summed E-state index contributed by atoms with van der Waals surface area (Å²) in [6.07, 6.45) is 2.79. The van der Waals surface area contributed by atoms with Crippen LogP contribution in [0.15, 0.2) is 12.1 Å². The topological polar surface area (TPSA) is 61.5 Å². The summed E-state index contributed by atoms with van der Waals surface area (Å²) in [6, 6.07) is 3.83. The molecule has 1 fully saturated rings. The summed E-state index contributed by atoms with van der Waals surface area (Å²) in [4.78, 5) is 11.4. The van der Waals surface area contributed by atoms with E-state index in [-0.39, 0.29) is 18.0 Å². The summed E-state index contributed by atoms with van der Waals surface area (Å²) in [6.45, 7) is 1.43. The van der Waals surface area contributed by atoms with Crippen LogP contribution in [0.5, 0.6) is 5.75 Å². The number of methoxy groups -OCH3 is 1. The molecule has 2 N–H and O–H groups in total. The molecule has 2 aromatic carbocycles. The molecule has 0 bridgehead atoms. The number of hydrogen-bond acceptors (Lipinski definition) is 4. The van der Waals surface area contributed by atoms with Gasteiger partial charge < -0.3 is 15.2 Å². The molecule has 1 unspecified atom stereocenters. The van der Waals surface area contributed by atoms with Crippen molar-refractivity contribution < 1.29 is 14.3 Å². The number of benzene rings is 2. The van der Waals surface area contributed by atoms with E-state index in [1.54, 1.807) is 0 Å². The summed E-state index contributed by atoms with van der Waals surface area (Å²) >= 11 is 19.6. The van der Waals surface area contributed by atoms with E-state index < -0.39 is 5.54 Å². The molecule has 144 valence electrons. The molecule has 0 radical (unpaired) electrons. The lowest BCUT2D eigenvalue weighted by molar-refractivity contribution is -0.146. The molecule has 1 saturated carbocycles. The first-order valence-electron chi connectivity index (χ1n) is 8.88. The summed E-state index contributed by atoms with van der Waals surface area (Å²) in [7, 11) is 1.53. The normalized spacial score (nSPS) is 26.6. The zero-order valence-corrected chi connectivity index (χ0v) is 17.3. The van der Waals surface area contributed by atoms with Crippen molar-refractivity contribution in [1.29, 1.82) is 0 Å². The third-order valence-corrected chi connectivity index (χ3v) is 6.86. The second-order valence-corrected chi connectivity index (χ2v) is 8.70. The van der Waals surface area contributed by atoms with Gasteiger partial charge in [-0.25, -0.2) is 0 Å². The molecule has 27 heavy (non-hydrogen) atoms. The number of fused-ring (bicyclic) bond motifs is 5. The number of rotatable bonds is 2. The van der Waals surface area contributed by atoms with Gasteiger partial charge in [-0.2, -0.15) is 0 Å². The predicted octanol–water partition coefficient (Wildman–Crippen LogP) is 5.26. The van der Waals surface area contributed by atoms with E-state index in [0.29, 0.717) is 33.7 Å². The minimum atomic E-state index is -0.399. The molecule has 0 heterocycles. The smallest absolute Gasteiger partial charge is 0.302 e. The molecule has 0 saturated heterocycles. The molecule has 0 spiro atoms. The molecule has 4 nitrogen and oxygen atoms in total. The molecule has 2 aliphatic carbocycles. The Labute approximate surface area is 172 Å². The molecule has 0 aliphatic heterocycles. The average molecular weight is 429 g/mol. The highest BCUT2D eigenvalue weighted by atomic mass is 35.5. The third-order valence-electron chi connectivity index (χ3n) is 5.92. The van der Waals surface area contributed by atoms with Crippen LogP contribution in [0.25, 0.3) is 10.8 Å². The van der Waals surface area contributed by atoms with Crippen molar-refractivity contribution in [3.63, 3.8) is 0 Å². The van der Waals surface area contributed by atoms with E-state index in [1.165, 1.54) is 14.0 Å². The third kappa shape index (κ3) is 2.98. The zero-order valence-electron chi connectivity index (χ0n) is 15.1. The van der Waals surface area contributed by atoms with E-state index >= 15 is 0 Å². The second kappa shape index (κ2) is 6.70. The molecule has 7 heteroatoms. The lowest BCUT2D eigenvalue weighted by Crippen LogP contribution is -2.45. The van der Waals surface area contributed by atoms with Crippen molar-refractivity contribution >= 4 is 51.5 Å². The fourth-order valence-corrected chi connectivity index (χ4v) is 5.92. The van der Waals surface area contributed by atoms with E-state index in [0.717, 1.165) is 34.7 Å². The molecule has 3 atom stereocenters. The standard InChI is InChI=1S/C20H20Cl3NO3/c1-9(25)27-10-5-14-12-6-15(21)17-13(7-16(22)19(26-2)18(17)23)11(12)3-4-20(14,24)8-10/h6-7,10,14H,3-5,8,24H2,1-2H3/t10?,14-,20-/m1/s1. The lowest BCUT2D eigenvalue weighted by Gasteiger charge is -2.38. The highest BCUT2D eigenvalue weighted by Gasteiger charge is 2.49. The molecular formula is C20H20Cl3NO3. The SMILES string of the molecule is COc1c(Cl)cc2c3c(cc(Cl)c2c1Cl)[C@H]1CC(OC(C)=O)C[C@]1(N)CC3. The fraction of sp³-hybridized carbons (Fsp3) is 0.450. The average Bonchev–Trinajstić information content (AvgIpc) is 2.90. The van der Waals surface area contributed by atoms with Crippen LogP contribution in [0.2, 0.25) is 15.1 Å². The number of esters is 1. The number of ether oxygens (including phenoxy) is 2. The van der Waals surface area contributed by atoms with Gasteiger partial charge in [-0.05, 0) is 47.9 Å². The molecule has 0 aromatic heterocycles. The van der Waals surface area contributed by atoms with Gasteiger partial charge in [0.1, 0.15) is 6.10 Å². The molecule has 0 amide bonds.